The highest BCUT2D eigenvalue weighted by molar-refractivity contribution is 5.93. The second-order valence-electron chi connectivity index (χ2n) is 8.45. The van der Waals surface area contributed by atoms with Crippen LogP contribution in [0.4, 0.5) is 0 Å². The summed E-state index contributed by atoms with van der Waals surface area (Å²) in [5.74, 6) is 1.17. The number of aromatic nitrogens is 2. The number of fused-ring (bicyclic) bond motifs is 2. The average molecular weight is 406 g/mol. The predicted octanol–water partition coefficient (Wildman–Crippen LogP) is 3.16. The summed E-state index contributed by atoms with van der Waals surface area (Å²) >= 11 is 0. The molecule has 1 N–H and O–H groups in total. The van der Waals surface area contributed by atoms with Crippen LogP contribution in [0.15, 0.2) is 41.1 Å². The van der Waals surface area contributed by atoms with Crippen LogP contribution in [0.5, 0.6) is 0 Å². The Balaban J connectivity index is 1.11. The number of nitrogens with one attached hydrogen (secondary N) is 1. The molecule has 30 heavy (non-hydrogen) atoms. The van der Waals surface area contributed by atoms with Gasteiger partial charge in [-0.25, -0.2) is 0 Å². The van der Waals surface area contributed by atoms with Gasteiger partial charge in [-0.2, -0.15) is 0 Å². The van der Waals surface area contributed by atoms with Crippen molar-refractivity contribution in [1.82, 2.24) is 19.9 Å². The van der Waals surface area contributed by atoms with Gasteiger partial charge in [0, 0.05) is 61.2 Å². The summed E-state index contributed by atoms with van der Waals surface area (Å²) in [6.07, 6.45) is 5.20. The summed E-state index contributed by atoms with van der Waals surface area (Å²) < 4.78 is 5.02. The van der Waals surface area contributed by atoms with Crippen LogP contribution in [0.2, 0.25) is 0 Å². The second kappa shape index (κ2) is 7.63. The Morgan fingerprint density at radius 2 is 2.13 bits per heavy atom. The third-order valence-electron chi connectivity index (χ3n) is 6.50. The fraction of sp³-hybridized carbons (Fsp3) is 0.435. The number of aryl methyl sites for hydroxylation is 2. The average Bonchev–Trinajstić information content (AvgIpc) is 3.35. The molecule has 2 fully saturated rings. The van der Waals surface area contributed by atoms with E-state index in [0.29, 0.717) is 36.9 Å². The second-order valence-corrected chi connectivity index (χ2v) is 8.45. The molecule has 2 aliphatic rings. The van der Waals surface area contributed by atoms with Crippen molar-refractivity contribution in [3.8, 4) is 0 Å². The molecular weight excluding hydrogens is 380 g/mol. The molecular formula is C23H26N4O3. The highest BCUT2D eigenvalue weighted by atomic mass is 16.5. The molecule has 0 unspecified atom stereocenters. The number of benzene rings is 1. The number of amides is 2. The number of carbonyl (C=O) groups is 2. The fourth-order valence-electron chi connectivity index (χ4n) is 4.86. The zero-order chi connectivity index (χ0) is 20.7. The zero-order valence-corrected chi connectivity index (χ0v) is 17.1. The van der Waals surface area contributed by atoms with Crippen LogP contribution in [-0.4, -0.2) is 57.4 Å². The van der Waals surface area contributed by atoms with Crippen LogP contribution >= 0.6 is 0 Å². The van der Waals surface area contributed by atoms with Gasteiger partial charge in [0.1, 0.15) is 5.76 Å². The van der Waals surface area contributed by atoms with Crippen LogP contribution in [0.1, 0.15) is 41.1 Å². The van der Waals surface area contributed by atoms with E-state index < -0.39 is 0 Å². The van der Waals surface area contributed by atoms with Gasteiger partial charge in [0.15, 0.2) is 5.69 Å². The number of hydrogen-bond donors (Lipinski definition) is 1. The van der Waals surface area contributed by atoms with Crippen molar-refractivity contribution < 1.29 is 14.1 Å². The van der Waals surface area contributed by atoms with E-state index in [1.807, 2.05) is 21.9 Å². The summed E-state index contributed by atoms with van der Waals surface area (Å²) in [6, 6.07) is 10.2. The Labute approximate surface area is 175 Å². The molecule has 7 heteroatoms. The molecule has 2 aromatic heterocycles. The molecule has 0 spiro atoms. The van der Waals surface area contributed by atoms with Gasteiger partial charge in [-0.15, -0.1) is 0 Å². The topological polar surface area (TPSA) is 82.4 Å². The largest absolute Gasteiger partial charge is 0.361 e. The highest BCUT2D eigenvalue weighted by Crippen LogP contribution is 2.34. The molecule has 2 amide bonds. The highest BCUT2D eigenvalue weighted by Gasteiger charge is 2.46. The first-order valence-corrected chi connectivity index (χ1v) is 10.7. The lowest BCUT2D eigenvalue weighted by atomic mass is 9.82. The fourth-order valence-corrected chi connectivity index (χ4v) is 4.86. The van der Waals surface area contributed by atoms with E-state index in [9.17, 15) is 9.59 Å². The van der Waals surface area contributed by atoms with Gasteiger partial charge < -0.3 is 19.3 Å². The maximum Gasteiger partial charge on any atom is 0.276 e. The number of H-pyrrole nitrogens is 1. The zero-order valence-electron chi connectivity index (χ0n) is 17.1. The molecule has 7 nitrogen and oxygen atoms in total. The maximum absolute atomic E-state index is 12.7. The Kier molecular flexibility index (Phi) is 4.81. The van der Waals surface area contributed by atoms with Crippen molar-refractivity contribution >= 4 is 22.7 Å². The van der Waals surface area contributed by atoms with Crippen LogP contribution in [0, 0.1) is 12.8 Å². The normalized spacial score (nSPS) is 20.8. The summed E-state index contributed by atoms with van der Waals surface area (Å²) in [5.41, 5.74) is 2.79. The number of nitrogens with zero attached hydrogens (tertiary/aromatic N) is 3. The third kappa shape index (κ3) is 3.38. The lowest BCUT2D eigenvalue weighted by molar-refractivity contribution is -0.136. The number of aromatic amines is 1. The number of hydrogen-bond acceptors (Lipinski definition) is 4. The summed E-state index contributed by atoms with van der Waals surface area (Å²) in [6.45, 7) is 3.94. The Bertz CT molecular complexity index is 1090. The number of carbonyl (C=O) groups excluding carboxylic acids is 2. The predicted molar refractivity (Wildman–Crippen MR) is 112 cm³/mol. The lowest BCUT2D eigenvalue weighted by Crippen LogP contribution is -2.65. The molecule has 156 valence electrons. The van der Waals surface area contributed by atoms with Gasteiger partial charge in [0.25, 0.3) is 5.91 Å². The molecule has 4 heterocycles. The van der Waals surface area contributed by atoms with Crippen LogP contribution in [-0.2, 0) is 11.2 Å². The van der Waals surface area contributed by atoms with Crippen LogP contribution in [0.25, 0.3) is 10.9 Å². The molecule has 0 bridgehead atoms. The number of piperidine rings is 1. The van der Waals surface area contributed by atoms with E-state index >= 15 is 0 Å². The number of likely N-dealkylation sites (tertiary alicyclic amines) is 2. The van der Waals surface area contributed by atoms with Gasteiger partial charge in [-0.1, -0.05) is 23.4 Å². The van der Waals surface area contributed by atoms with Crippen LogP contribution in [0.3, 0.4) is 0 Å². The van der Waals surface area contributed by atoms with Crippen molar-refractivity contribution in [2.75, 3.05) is 19.6 Å². The van der Waals surface area contributed by atoms with E-state index in [4.69, 9.17) is 4.52 Å². The molecule has 2 saturated heterocycles. The van der Waals surface area contributed by atoms with Crippen molar-refractivity contribution in [2.24, 2.45) is 5.92 Å². The van der Waals surface area contributed by atoms with E-state index in [1.54, 1.807) is 13.0 Å². The third-order valence-corrected chi connectivity index (χ3v) is 6.50. The van der Waals surface area contributed by atoms with Crippen LogP contribution < -0.4 is 0 Å². The summed E-state index contributed by atoms with van der Waals surface area (Å²) in [4.78, 5) is 32.5. The Morgan fingerprint density at radius 1 is 1.27 bits per heavy atom. The first kappa shape index (κ1) is 18.9. The van der Waals surface area contributed by atoms with Gasteiger partial charge in [0.2, 0.25) is 5.91 Å². The van der Waals surface area contributed by atoms with Crippen molar-refractivity contribution in [3.63, 3.8) is 0 Å². The van der Waals surface area contributed by atoms with Crippen molar-refractivity contribution in [3.05, 3.63) is 53.5 Å². The smallest absolute Gasteiger partial charge is 0.276 e. The number of para-hydroxylation sites is 1. The quantitative estimate of drug-likeness (QED) is 0.706. The minimum Gasteiger partial charge on any atom is -0.361 e. The molecule has 3 aromatic rings. The maximum atomic E-state index is 12.7. The molecule has 2 atom stereocenters. The van der Waals surface area contributed by atoms with Gasteiger partial charge in [-0.3, -0.25) is 9.59 Å². The minimum atomic E-state index is -0.0633. The summed E-state index contributed by atoms with van der Waals surface area (Å²) in [5, 5.41) is 5.08. The van der Waals surface area contributed by atoms with E-state index in [0.717, 1.165) is 31.3 Å². The number of rotatable bonds is 5. The molecule has 1 aromatic carbocycles. The lowest BCUT2D eigenvalue weighted by Gasteiger charge is -2.53. The first-order chi connectivity index (χ1) is 14.6. The van der Waals surface area contributed by atoms with Gasteiger partial charge in [-0.05, 0) is 37.8 Å². The monoisotopic (exact) mass is 406 g/mol. The van der Waals surface area contributed by atoms with E-state index in [2.05, 4.69) is 28.5 Å². The van der Waals surface area contributed by atoms with E-state index in [1.165, 1.54) is 10.9 Å². The molecule has 0 saturated carbocycles. The van der Waals surface area contributed by atoms with Crippen molar-refractivity contribution in [2.45, 2.75) is 38.6 Å². The SMILES string of the molecule is Cc1cc(C(=O)N2C[C@@H]3CN(C(=O)CCCc4c[nH]c5ccccc45)CC[C@@H]32)no1. The standard InChI is InChI=1S/C23H26N4O3/c1-15-11-20(25-30-15)23(29)27-14-17-13-26(10-9-21(17)27)22(28)8-4-5-16-12-24-19-7-3-2-6-18(16)19/h2-3,6-7,11-12,17,21,24H,4-5,8-10,13-14H2,1H3/t17-,21-/m0/s1. The molecule has 0 radical (unpaired) electrons. The van der Waals surface area contributed by atoms with Gasteiger partial charge >= 0.3 is 0 Å². The Morgan fingerprint density at radius 3 is 2.93 bits per heavy atom. The molecule has 0 aliphatic carbocycles. The Hall–Kier alpha value is -3.09. The first-order valence-electron chi connectivity index (χ1n) is 10.7. The van der Waals surface area contributed by atoms with Crippen molar-refractivity contribution in [1.29, 1.82) is 0 Å². The van der Waals surface area contributed by atoms with Gasteiger partial charge in [0.05, 0.1) is 0 Å². The molecule has 2 aliphatic heterocycles. The summed E-state index contributed by atoms with van der Waals surface area (Å²) in [7, 11) is 0. The minimum absolute atomic E-state index is 0.0633. The van der Waals surface area contributed by atoms with E-state index in [-0.39, 0.29) is 17.9 Å². The molecule has 5 rings (SSSR count).